The Bertz CT molecular complexity index is 596. The zero-order valence-electron chi connectivity index (χ0n) is 16.5. The van der Waals surface area contributed by atoms with Gasteiger partial charge in [0, 0.05) is 12.8 Å². The number of carboxylic acid groups (broad SMARTS) is 2. The zero-order chi connectivity index (χ0) is 20.5. The Kier molecular flexibility index (Phi) is 13.1. The van der Waals surface area contributed by atoms with Crippen LogP contribution in [0.5, 0.6) is 11.5 Å². The van der Waals surface area contributed by atoms with Crippen LogP contribution in [0.3, 0.4) is 0 Å². The summed E-state index contributed by atoms with van der Waals surface area (Å²) in [6, 6.07) is 7.46. The van der Waals surface area contributed by atoms with Gasteiger partial charge in [-0.2, -0.15) is 0 Å². The summed E-state index contributed by atoms with van der Waals surface area (Å²) < 4.78 is 11.4. The predicted molar refractivity (Wildman–Crippen MR) is 108 cm³/mol. The molecule has 0 aromatic heterocycles. The number of carboxylic acids is 2. The largest absolute Gasteiger partial charge is 0.490 e. The van der Waals surface area contributed by atoms with E-state index in [-0.39, 0.29) is 12.8 Å². The Morgan fingerprint density at radius 3 is 1.82 bits per heavy atom. The zero-order valence-corrected chi connectivity index (χ0v) is 16.5. The molecule has 0 radical (unpaired) electrons. The van der Waals surface area contributed by atoms with Crippen LogP contribution in [-0.4, -0.2) is 35.4 Å². The minimum absolute atomic E-state index is 0.0978. The molecule has 0 heterocycles. The van der Waals surface area contributed by atoms with Crippen molar-refractivity contribution in [3.63, 3.8) is 0 Å². The third kappa shape index (κ3) is 12.8. The molecule has 6 nitrogen and oxygen atoms in total. The molecule has 156 valence electrons. The van der Waals surface area contributed by atoms with Crippen LogP contribution in [0.2, 0.25) is 0 Å². The van der Waals surface area contributed by atoms with Gasteiger partial charge in [-0.15, -0.1) is 0 Å². The molecule has 0 aliphatic heterocycles. The first-order chi connectivity index (χ1) is 13.6. The lowest BCUT2D eigenvalue weighted by Gasteiger charge is -2.12. The first kappa shape index (κ1) is 23.5. The SMILES string of the molecule is O=C(O)CCC/C=C/CCCCCCOc1ccccc1OCCCC(=O)O. The third-order valence-electron chi connectivity index (χ3n) is 4.09. The number of hydrogen-bond donors (Lipinski definition) is 2. The van der Waals surface area contributed by atoms with Gasteiger partial charge >= 0.3 is 11.9 Å². The molecular formula is C22H32O6. The van der Waals surface area contributed by atoms with Gasteiger partial charge in [-0.05, 0) is 50.7 Å². The fourth-order valence-corrected chi connectivity index (χ4v) is 2.60. The number of unbranched alkanes of at least 4 members (excludes halogenated alkanes) is 5. The summed E-state index contributed by atoms with van der Waals surface area (Å²) in [6.45, 7) is 0.983. The van der Waals surface area contributed by atoms with Crippen LogP contribution >= 0.6 is 0 Å². The molecule has 0 atom stereocenters. The summed E-state index contributed by atoms with van der Waals surface area (Å²) in [4.78, 5) is 20.9. The van der Waals surface area contributed by atoms with E-state index in [2.05, 4.69) is 12.2 Å². The quantitative estimate of drug-likeness (QED) is 0.284. The van der Waals surface area contributed by atoms with E-state index in [1.54, 1.807) is 0 Å². The number of aliphatic carboxylic acids is 2. The number of rotatable bonds is 17. The molecule has 0 bridgehead atoms. The van der Waals surface area contributed by atoms with Crippen LogP contribution in [0.4, 0.5) is 0 Å². The van der Waals surface area contributed by atoms with Crippen molar-refractivity contribution < 1.29 is 29.3 Å². The normalized spacial score (nSPS) is 10.9. The maximum atomic E-state index is 10.5. The van der Waals surface area contributed by atoms with E-state index < -0.39 is 11.9 Å². The van der Waals surface area contributed by atoms with E-state index in [1.807, 2.05) is 24.3 Å². The first-order valence-electron chi connectivity index (χ1n) is 10.0. The molecule has 0 aliphatic carbocycles. The summed E-state index contributed by atoms with van der Waals surface area (Å²) in [6.07, 6.45) is 11.9. The van der Waals surface area contributed by atoms with Crippen molar-refractivity contribution in [2.24, 2.45) is 0 Å². The molecule has 0 aliphatic rings. The van der Waals surface area contributed by atoms with Gasteiger partial charge in [0.15, 0.2) is 11.5 Å². The van der Waals surface area contributed by atoms with Crippen molar-refractivity contribution >= 4 is 11.9 Å². The Hall–Kier alpha value is -2.50. The summed E-state index contributed by atoms with van der Waals surface area (Å²) in [7, 11) is 0. The molecule has 0 unspecified atom stereocenters. The van der Waals surface area contributed by atoms with Crippen molar-refractivity contribution in [2.45, 2.75) is 64.2 Å². The fourth-order valence-electron chi connectivity index (χ4n) is 2.60. The lowest BCUT2D eigenvalue weighted by atomic mass is 10.1. The average molecular weight is 392 g/mol. The van der Waals surface area contributed by atoms with E-state index in [0.717, 1.165) is 38.5 Å². The van der Waals surface area contributed by atoms with Gasteiger partial charge < -0.3 is 19.7 Å². The van der Waals surface area contributed by atoms with Gasteiger partial charge in [0.2, 0.25) is 0 Å². The summed E-state index contributed by atoms with van der Waals surface area (Å²) >= 11 is 0. The van der Waals surface area contributed by atoms with E-state index in [0.29, 0.717) is 37.6 Å². The molecule has 1 rings (SSSR count). The highest BCUT2D eigenvalue weighted by Gasteiger charge is 2.05. The van der Waals surface area contributed by atoms with E-state index in [9.17, 15) is 9.59 Å². The number of hydrogen-bond acceptors (Lipinski definition) is 4. The Labute approximate surface area is 167 Å². The molecule has 0 saturated heterocycles. The van der Waals surface area contributed by atoms with Crippen LogP contribution in [0.1, 0.15) is 64.2 Å². The minimum Gasteiger partial charge on any atom is -0.490 e. The van der Waals surface area contributed by atoms with E-state index >= 15 is 0 Å². The number of ether oxygens (including phenoxy) is 2. The van der Waals surface area contributed by atoms with Crippen molar-refractivity contribution in [3.05, 3.63) is 36.4 Å². The van der Waals surface area contributed by atoms with Crippen LogP contribution in [0.15, 0.2) is 36.4 Å². The molecule has 28 heavy (non-hydrogen) atoms. The Balaban J connectivity index is 2.07. The van der Waals surface area contributed by atoms with Gasteiger partial charge in [0.25, 0.3) is 0 Å². The van der Waals surface area contributed by atoms with Crippen LogP contribution in [-0.2, 0) is 9.59 Å². The molecule has 1 aromatic carbocycles. The van der Waals surface area contributed by atoms with Crippen LogP contribution < -0.4 is 9.47 Å². The topological polar surface area (TPSA) is 93.1 Å². The second-order valence-electron chi connectivity index (χ2n) is 6.60. The number of allylic oxidation sites excluding steroid dienone is 2. The third-order valence-corrected chi connectivity index (χ3v) is 4.09. The first-order valence-corrected chi connectivity index (χ1v) is 10.0. The van der Waals surface area contributed by atoms with Gasteiger partial charge in [0.05, 0.1) is 13.2 Å². The maximum Gasteiger partial charge on any atom is 0.303 e. The molecule has 0 spiro atoms. The number of carbonyl (C=O) groups is 2. The van der Waals surface area contributed by atoms with Gasteiger partial charge in [-0.25, -0.2) is 0 Å². The minimum atomic E-state index is -0.818. The fraction of sp³-hybridized carbons (Fsp3) is 0.545. The molecule has 0 saturated carbocycles. The monoisotopic (exact) mass is 392 g/mol. The van der Waals surface area contributed by atoms with Crippen molar-refractivity contribution in [1.29, 1.82) is 0 Å². The van der Waals surface area contributed by atoms with Gasteiger partial charge in [0.1, 0.15) is 0 Å². The van der Waals surface area contributed by atoms with Gasteiger partial charge in [-0.1, -0.05) is 37.1 Å². The molecule has 0 fully saturated rings. The highest BCUT2D eigenvalue weighted by Crippen LogP contribution is 2.26. The van der Waals surface area contributed by atoms with E-state index in [1.165, 1.54) is 0 Å². The van der Waals surface area contributed by atoms with Crippen molar-refractivity contribution in [2.75, 3.05) is 13.2 Å². The van der Waals surface area contributed by atoms with Gasteiger partial charge in [-0.3, -0.25) is 9.59 Å². The maximum absolute atomic E-state index is 10.5. The summed E-state index contributed by atoms with van der Waals surface area (Å²) in [5.74, 6) is -0.201. The second kappa shape index (κ2) is 15.5. The molecule has 1 aromatic rings. The number of para-hydroxylation sites is 2. The smallest absolute Gasteiger partial charge is 0.303 e. The Morgan fingerprint density at radius 2 is 1.21 bits per heavy atom. The molecular weight excluding hydrogens is 360 g/mol. The number of benzene rings is 1. The van der Waals surface area contributed by atoms with Crippen molar-refractivity contribution in [3.8, 4) is 11.5 Å². The van der Waals surface area contributed by atoms with Crippen LogP contribution in [0, 0.1) is 0 Å². The standard InChI is InChI=1S/C22H32O6/c23-21(24)15-8-6-4-2-1-3-5-7-11-17-27-19-13-9-10-14-20(19)28-18-12-16-22(25)26/h2,4,9-10,13-14H,1,3,5-8,11-12,15-18H2,(H,23,24)(H,25,26)/b4-2+. The molecule has 6 heteroatoms. The van der Waals surface area contributed by atoms with Crippen LogP contribution in [0.25, 0.3) is 0 Å². The second-order valence-corrected chi connectivity index (χ2v) is 6.60. The Morgan fingerprint density at radius 1 is 0.714 bits per heavy atom. The predicted octanol–water partition coefficient (Wildman–Crippen LogP) is 5.07. The summed E-state index contributed by atoms with van der Waals surface area (Å²) in [5.41, 5.74) is 0. The highest BCUT2D eigenvalue weighted by atomic mass is 16.5. The highest BCUT2D eigenvalue weighted by molar-refractivity contribution is 5.66. The average Bonchev–Trinajstić information content (AvgIpc) is 2.66. The van der Waals surface area contributed by atoms with E-state index in [4.69, 9.17) is 19.7 Å². The lowest BCUT2D eigenvalue weighted by Crippen LogP contribution is -2.04. The van der Waals surface area contributed by atoms with Crippen molar-refractivity contribution in [1.82, 2.24) is 0 Å². The lowest BCUT2D eigenvalue weighted by molar-refractivity contribution is -0.138. The molecule has 2 N–H and O–H groups in total. The summed E-state index contributed by atoms with van der Waals surface area (Å²) in [5, 5.41) is 17.2. The molecule has 0 amide bonds.